The first-order valence-corrected chi connectivity index (χ1v) is 6.23. The summed E-state index contributed by atoms with van der Waals surface area (Å²) in [6.07, 6.45) is 2.37. The van der Waals surface area contributed by atoms with E-state index in [1.165, 1.54) is 13.0 Å². The zero-order valence-electron chi connectivity index (χ0n) is 12.0. The van der Waals surface area contributed by atoms with Gasteiger partial charge in [0.1, 0.15) is 0 Å². The van der Waals surface area contributed by atoms with Crippen LogP contribution in [0.5, 0.6) is 0 Å². The molecule has 1 aromatic heterocycles. The van der Waals surface area contributed by atoms with Crippen LogP contribution in [0.25, 0.3) is 11.3 Å². The third-order valence-electron chi connectivity index (χ3n) is 2.26. The summed E-state index contributed by atoms with van der Waals surface area (Å²) < 4.78 is 25.8. The third kappa shape index (κ3) is 9.21. The Morgan fingerprint density at radius 1 is 1.35 bits per heavy atom. The maximum absolute atomic E-state index is 13.2. The van der Waals surface area contributed by atoms with Gasteiger partial charge in [-0.25, -0.2) is 0 Å². The SMILES string of the molecule is C.CC(O)=CC(C)O.Fc1c[c-]c(-c2ccccn2)c(F)c1.[Pt]. The van der Waals surface area contributed by atoms with Gasteiger partial charge in [-0.05, 0) is 31.7 Å². The number of allylic oxidation sites excluding steroid dienone is 1. The summed E-state index contributed by atoms with van der Waals surface area (Å²) in [4.78, 5) is 3.95. The summed E-state index contributed by atoms with van der Waals surface area (Å²) in [7, 11) is 0. The van der Waals surface area contributed by atoms with Gasteiger partial charge in [0.2, 0.25) is 0 Å². The third-order valence-corrected chi connectivity index (χ3v) is 2.26. The fourth-order valence-electron chi connectivity index (χ4n) is 1.50. The molecule has 23 heavy (non-hydrogen) atoms. The summed E-state index contributed by atoms with van der Waals surface area (Å²) >= 11 is 0. The molecule has 2 N–H and O–H groups in total. The van der Waals surface area contributed by atoms with Crippen LogP contribution in [0.3, 0.4) is 0 Å². The molecule has 0 fully saturated rings. The van der Waals surface area contributed by atoms with E-state index in [-0.39, 0.29) is 39.8 Å². The van der Waals surface area contributed by atoms with Crippen molar-refractivity contribution in [2.75, 3.05) is 0 Å². The first-order valence-electron chi connectivity index (χ1n) is 6.23. The molecule has 0 bridgehead atoms. The molecule has 0 saturated heterocycles. The quantitative estimate of drug-likeness (QED) is 0.475. The molecular formula is C17H20F2NO2Pt-. The largest absolute Gasteiger partial charge is 0.513 e. The molecule has 2 aromatic rings. The van der Waals surface area contributed by atoms with E-state index in [2.05, 4.69) is 11.1 Å². The zero-order chi connectivity index (χ0) is 15.8. The summed E-state index contributed by atoms with van der Waals surface area (Å²) in [5.74, 6) is -1.12. The van der Waals surface area contributed by atoms with Gasteiger partial charge in [-0.3, -0.25) is 8.78 Å². The first kappa shape index (κ1) is 23.7. The molecule has 1 heterocycles. The molecule has 3 nitrogen and oxygen atoms in total. The molecule has 1 unspecified atom stereocenters. The standard InChI is InChI=1S/C11H6F2N.C5H10O2.CH4.Pt/c12-8-4-5-9(10(13)7-8)11-3-1-2-6-14-11;1-4(6)3-5(2)7;;/h1-4,6-7H;3-4,6-7H,1-2H3;1H4;/q-1;;;. The minimum absolute atomic E-state index is 0. The predicted octanol–water partition coefficient (Wildman–Crippen LogP) is 4.29. The molecule has 130 valence electrons. The molecule has 1 atom stereocenters. The Balaban J connectivity index is 0. The summed E-state index contributed by atoms with van der Waals surface area (Å²) in [6.45, 7) is 3.10. The topological polar surface area (TPSA) is 53.4 Å². The van der Waals surface area contributed by atoms with E-state index in [4.69, 9.17) is 10.2 Å². The number of aliphatic hydroxyl groups excluding tert-OH is 2. The Morgan fingerprint density at radius 2 is 2.00 bits per heavy atom. The molecule has 0 saturated carbocycles. The van der Waals surface area contributed by atoms with Crippen LogP contribution in [0.15, 0.2) is 48.4 Å². The van der Waals surface area contributed by atoms with Gasteiger partial charge >= 0.3 is 0 Å². The predicted molar refractivity (Wildman–Crippen MR) is 83.2 cm³/mol. The van der Waals surface area contributed by atoms with Gasteiger partial charge in [0.05, 0.1) is 11.9 Å². The van der Waals surface area contributed by atoms with Gasteiger partial charge in [-0.1, -0.05) is 31.2 Å². The van der Waals surface area contributed by atoms with Crippen LogP contribution in [-0.2, 0) is 21.1 Å². The van der Waals surface area contributed by atoms with Crippen LogP contribution in [0.4, 0.5) is 8.78 Å². The monoisotopic (exact) mass is 503 g/mol. The van der Waals surface area contributed by atoms with E-state index in [0.29, 0.717) is 5.69 Å². The van der Waals surface area contributed by atoms with Crippen LogP contribution in [0, 0.1) is 17.7 Å². The number of aliphatic hydroxyl groups is 2. The van der Waals surface area contributed by atoms with Crippen molar-refractivity contribution in [3.8, 4) is 11.3 Å². The van der Waals surface area contributed by atoms with Crippen LogP contribution < -0.4 is 0 Å². The average Bonchev–Trinajstić information content (AvgIpc) is 2.38. The normalized spacial score (nSPS) is 11.3. The molecule has 0 radical (unpaired) electrons. The zero-order valence-corrected chi connectivity index (χ0v) is 14.3. The van der Waals surface area contributed by atoms with Gasteiger partial charge in [0.25, 0.3) is 0 Å². The number of hydrogen-bond acceptors (Lipinski definition) is 3. The van der Waals surface area contributed by atoms with Crippen molar-refractivity contribution in [3.05, 3.63) is 66.1 Å². The molecular weight excluding hydrogens is 483 g/mol. The maximum Gasteiger partial charge on any atom is 0.0877 e. The molecule has 0 aliphatic rings. The summed E-state index contributed by atoms with van der Waals surface area (Å²) in [6, 6.07) is 9.53. The van der Waals surface area contributed by atoms with Gasteiger partial charge in [-0.15, -0.1) is 12.1 Å². The second kappa shape index (κ2) is 11.9. The van der Waals surface area contributed by atoms with Crippen molar-refractivity contribution in [2.45, 2.75) is 27.4 Å². The van der Waals surface area contributed by atoms with Crippen LogP contribution >= 0.6 is 0 Å². The number of benzene rings is 1. The van der Waals surface area contributed by atoms with E-state index in [9.17, 15) is 8.78 Å². The van der Waals surface area contributed by atoms with Crippen molar-refractivity contribution in [1.29, 1.82) is 0 Å². The van der Waals surface area contributed by atoms with Crippen LogP contribution in [0.1, 0.15) is 21.3 Å². The number of rotatable bonds is 2. The Kier molecular flexibility index (Phi) is 12.3. The van der Waals surface area contributed by atoms with Gasteiger partial charge in [-0.2, -0.15) is 0 Å². The second-order valence-electron chi connectivity index (χ2n) is 4.30. The number of pyridine rings is 1. The number of halogens is 2. The number of nitrogens with zero attached hydrogens (tertiary/aromatic N) is 1. The minimum atomic E-state index is -0.649. The van der Waals surface area contributed by atoms with Crippen molar-refractivity contribution in [1.82, 2.24) is 4.98 Å². The van der Waals surface area contributed by atoms with Crippen LogP contribution in [0.2, 0.25) is 0 Å². The number of aromatic nitrogens is 1. The molecule has 0 aliphatic carbocycles. The molecule has 2 rings (SSSR count). The van der Waals surface area contributed by atoms with E-state index < -0.39 is 17.7 Å². The summed E-state index contributed by atoms with van der Waals surface area (Å²) in [5, 5.41) is 16.9. The second-order valence-corrected chi connectivity index (χ2v) is 4.30. The summed E-state index contributed by atoms with van der Waals surface area (Å²) in [5.41, 5.74) is 0.636. The van der Waals surface area contributed by atoms with Gasteiger partial charge < -0.3 is 15.2 Å². The smallest absolute Gasteiger partial charge is 0.0877 e. The minimum Gasteiger partial charge on any atom is -0.513 e. The van der Waals surface area contributed by atoms with Crippen LogP contribution in [-0.4, -0.2) is 21.3 Å². The van der Waals surface area contributed by atoms with Crippen molar-refractivity contribution < 1.29 is 40.1 Å². The molecule has 0 amide bonds. The fourth-order valence-corrected chi connectivity index (χ4v) is 1.50. The number of hydrogen-bond donors (Lipinski definition) is 2. The molecule has 0 aliphatic heterocycles. The Labute approximate surface area is 150 Å². The maximum atomic E-state index is 13.2. The van der Waals surface area contributed by atoms with E-state index in [1.807, 2.05) is 0 Å². The molecule has 6 heteroatoms. The van der Waals surface area contributed by atoms with Gasteiger partial charge in [0, 0.05) is 38.9 Å². The Hall–Kier alpha value is -1.58. The van der Waals surface area contributed by atoms with Gasteiger partial charge in [0.15, 0.2) is 0 Å². The average molecular weight is 503 g/mol. The van der Waals surface area contributed by atoms with E-state index >= 15 is 0 Å². The molecule has 1 aromatic carbocycles. The Bertz CT molecular complexity index is 601. The van der Waals surface area contributed by atoms with Crippen molar-refractivity contribution >= 4 is 0 Å². The molecule has 0 spiro atoms. The van der Waals surface area contributed by atoms with E-state index in [1.54, 1.807) is 31.3 Å². The first-order chi connectivity index (χ1) is 9.90. The van der Waals surface area contributed by atoms with Crippen molar-refractivity contribution in [2.24, 2.45) is 0 Å². The van der Waals surface area contributed by atoms with E-state index in [0.717, 1.165) is 12.1 Å². The van der Waals surface area contributed by atoms with Crippen molar-refractivity contribution in [3.63, 3.8) is 0 Å². The fraction of sp³-hybridized carbons (Fsp3) is 0.235. The Morgan fingerprint density at radius 3 is 2.39 bits per heavy atom.